The summed E-state index contributed by atoms with van der Waals surface area (Å²) in [6.45, 7) is 2.17. The van der Waals surface area contributed by atoms with Crippen LogP contribution in [0.1, 0.15) is 39.1 Å². The van der Waals surface area contributed by atoms with Crippen molar-refractivity contribution < 1.29 is 13.8 Å². The van der Waals surface area contributed by atoms with Crippen molar-refractivity contribution in [2.24, 2.45) is 0 Å². The third kappa shape index (κ3) is 3.55. The van der Waals surface area contributed by atoms with E-state index in [9.17, 15) is 9.59 Å². The minimum Gasteiger partial charge on any atom is -0.420 e. The molecule has 0 saturated carbocycles. The summed E-state index contributed by atoms with van der Waals surface area (Å²) in [7, 11) is 0. The Morgan fingerprint density at radius 3 is 2.50 bits per heavy atom. The van der Waals surface area contributed by atoms with Gasteiger partial charge >= 0.3 is 0 Å². The van der Waals surface area contributed by atoms with Crippen LogP contribution < -0.4 is 14.4 Å². The van der Waals surface area contributed by atoms with Gasteiger partial charge in [0.05, 0.1) is 22.5 Å². The summed E-state index contributed by atoms with van der Waals surface area (Å²) in [5.74, 6) is 0.0582. The molecule has 3 aromatic carbocycles. The Labute approximate surface area is 179 Å². The van der Waals surface area contributed by atoms with Gasteiger partial charge in [0.25, 0.3) is 5.91 Å². The molecule has 2 aliphatic rings. The summed E-state index contributed by atoms with van der Waals surface area (Å²) in [4.78, 5) is 28.7. The summed E-state index contributed by atoms with van der Waals surface area (Å²) in [5.41, 5.74) is 3.42. The first-order valence-corrected chi connectivity index (χ1v) is 10.7. The number of anilines is 2. The molecular weight excluding hydrogens is 396 g/mol. The average Bonchev–Trinajstić information content (AvgIpc) is 3.28. The molecule has 150 valence electrons. The maximum Gasteiger partial charge on any atom is 0.255 e. The number of amides is 1. The van der Waals surface area contributed by atoms with Crippen molar-refractivity contribution in [1.82, 2.24) is 0 Å². The minimum absolute atomic E-state index is 0.102. The maximum absolute atomic E-state index is 12.8. The topological polar surface area (TPSA) is 58.6 Å². The minimum atomic E-state index is -0.241. The normalized spacial score (nSPS) is 15.1. The predicted octanol–water partition coefficient (Wildman–Crippen LogP) is 5.17. The van der Waals surface area contributed by atoms with E-state index in [-0.39, 0.29) is 11.7 Å². The lowest BCUT2D eigenvalue weighted by molar-refractivity contribution is 0.101. The monoisotopic (exact) mass is 416 g/mol. The van der Waals surface area contributed by atoms with E-state index in [1.807, 2.05) is 42.5 Å². The molecule has 30 heavy (non-hydrogen) atoms. The molecule has 0 unspecified atom stereocenters. The highest BCUT2D eigenvalue weighted by Gasteiger charge is 2.24. The van der Waals surface area contributed by atoms with Gasteiger partial charge in [-0.1, -0.05) is 12.1 Å². The Bertz CT molecular complexity index is 1120. The molecule has 6 heteroatoms. The number of nitrogens with zero attached hydrogens (tertiary/aromatic N) is 1. The zero-order valence-corrected chi connectivity index (χ0v) is 17.1. The van der Waals surface area contributed by atoms with Gasteiger partial charge in [-0.15, -0.1) is 0 Å². The van der Waals surface area contributed by atoms with Gasteiger partial charge in [-0.05, 0) is 67.4 Å². The fourth-order valence-electron chi connectivity index (χ4n) is 3.82. The van der Waals surface area contributed by atoms with E-state index in [0.29, 0.717) is 22.4 Å². The van der Waals surface area contributed by atoms with Gasteiger partial charge in [-0.2, -0.15) is 0 Å². The van der Waals surface area contributed by atoms with Gasteiger partial charge in [-0.25, -0.2) is 0 Å². The van der Waals surface area contributed by atoms with Gasteiger partial charge in [-0.3, -0.25) is 9.59 Å². The number of hydrogen-bond acceptors (Lipinski definition) is 5. The number of fused-ring (bicyclic) bond motifs is 2. The molecular formula is C24H20N2O3S. The summed E-state index contributed by atoms with van der Waals surface area (Å²) in [5, 5.41) is 2.92. The summed E-state index contributed by atoms with van der Waals surface area (Å²) >= 11 is 1.14. The standard InChI is InChI=1S/C24H20N2O3S/c27-23-19-12-7-16(15-21(19)29-30-22-6-2-1-5-20(22)23)24(28)25-17-8-10-18(11-9-17)26-13-3-4-14-26/h1-2,5-12,15H,3-4,13-14H2,(H,25,28). The lowest BCUT2D eigenvalue weighted by atomic mass is 10.0. The molecule has 1 fully saturated rings. The van der Waals surface area contributed by atoms with E-state index >= 15 is 0 Å². The molecule has 2 heterocycles. The second-order valence-electron chi connectivity index (χ2n) is 7.40. The number of benzene rings is 3. The second-order valence-corrected chi connectivity index (χ2v) is 8.17. The first-order valence-electron chi connectivity index (χ1n) is 9.98. The van der Waals surface area contributed by atoms with Gasteiger partial charge in [0, 0.05) is 35.6 Å². The molecule has 0 aliphatic carbocycles. The van der Waals surface area contributed by atoms with Crippen molar-refractivity contribution >= 4 is 35.1 Å². The van der Waals surface area contributed by atoms with Crippen LogP contribution in [0.5, 0.6) is 5.75 Å². The molecule has 1 amide bonds. The Kier molecular flexibility index (Phi) is 4.93. The lowest BCUT2D eigenvalue weighted by Crippen LogP contribution is -2.17. The van der Waals surface area contributed by atoms with Crippen LogP contribution in [0, 0.1) is 0 Å². The van der Waals surface area contributed by atoms with Crippen LogP contribution in [0.15, 0.2) is 71.6 Å². The third-order valence-electron chi connectivity index (χ3n) is 5.44. The van der Waals surface area contributed by atoms with Gasteiger partial charge in [0.1, 0.15) is 5.75 Å². The van der Waals surface area contributed by atoms with Crippen molar-refractivity contribution in [3.05, 3.63) is 83.4 Å². The Morgan fingerprint density at radius 2 is 1.70 bits per heavy atom. The van der Waals surface area contributed by atoms with Crippen LogP contribution in [0.2, 0.25) is 0 Å². The largest absolute Gasteiger partial charge is 0.420 e. The fourth-order valence-corrected chi connectivity index (χ4v) is 4.52. The average molecular weight is 417 g/mol. The summed E-state index contributed by atoms with van der Waals surface area (Å²) in [6, 6.07) is 20.2. The van der Waals surface area contributed by atoms with Crippen LogP contribution in [0.25, 0.3) is 0 Å². The fraction of sp³-hybridized carbons (Fsp3) is 0.167. The summed E-state index contributed by atoms with van der Waals surface area (Å²) in [6.07, 6.45) is 2.45. The van der Waals surface area contributed by atoms with E-state index in [2.05, 4.69) is 10.2 Å². The van der Waals surface area contributed by atoms with Gasteiger partial charge in [0.15, 0.2) is 5.78 Å². The number of carbonyl (C=O) groups is 2. The van der Waals surface area contributed by atoms with Crippen LogP contribution >= 0.6 is 12.0 Å². The van der Waals surface area contributed by atoms with Crippen LogP contribution in [0.3, 0.4) is 0 Å². The molecule has 5 rings (SSSR count). The van der Waals surface area contributed by atoms with Gasteiger partial charge < -0.3 is 14.4 Å². The van der Waals surface area contributed by atoms with Gasteiger partial charge in [0.2, 0.25) is 0 Å². The number of hydrogen-bond donors (Lipinski definition) is 1. The zero-order chi connectivity index (χ0) is 20.5. The van der Waals surface area contributed by atoms with E-state index in [1.165, 1.54) is 18.5 Å². The highest BCUT2D eigenvalue weighted by molar-refractivity contribution is 7.95. The molecule has 2 aliphatic heterocycles. The van der Waals surface area contributed by atoms with Crippen molar-refractivity contribution in [3.63, 3.8) is 0 Å². The van der Waals surface area contributed by atoms with Crippen molar-refractivity contribution in [2.75, 3.05) is 23.3 Å². The van der Waals surface area contributed by atoms with E-state index in [4.69, 9.17) is 4.18 Å². The van der Waals surface area contributed by atoms with Crippen LogP contribution in [-0.4, -0.2) is 24.8 Å². The Morgan fingerprint density at radius 1 is 0.933 bits per heavy atom. The SMILES string of the molecule is O=C(Nc1ccc(N2CCCC2)cc1)c1ccc2c(c1)OSc1ccccc1C2=O. The zero-order valence-electron chi connectivity index (χ0n) is 16.3. The molecule has 0 bridgehead atoms. The lowest BCUT2D eigenvalue weighted by Gasteiger charge is -2.17. The third-order valence-corrected chi connectivity index (χ3v) is 6.24. The molecule has 0 spiro atoms. The number of ketones is 1. The Balaban J connectivity index is 1.34. The van der Waals surface area contributed by atoms with E-state index < -0.39 is 0 Å². The molecule has 1 saturated heterocycles. The highest BCUT2D eigenvalue weighted by atomic mass is 32.2. The van der Waals surface area contributed by atoms with Crippen molar-refractivity contribution in [3.8, 4) is 5.75 Å². The molecule has 0 radical (unpaired) electrons. The number of rotatable bonds is 3. The molecule has 5 nitrogen and oxygen atoms in total. The van der Waals surface area contributed by atoms with Crippen molar-refractivity contribution in [2.45, 2.75) is 17.7 Å². The molecule has 0 atom stereocenters. The molecule has 3 aromatic rings. The predicted molar refractivity (Wildman–Crippen MR) is 119 cm³/mol. The van der Waals surface area contributed by atoms with E-state index in [1.54, 1.807) is 24.3 Å². The Hall–Kier alpha value is -3.25. The second kappa shape index (κ2) is 7.88. The first kappa shape index (κ1) is 18.8. The maximum atomic E-state index is 12.8. The highest BCUT2D eigenvalue weighted by Crippen LogP contribution is 2.36. The first-order chi connectivity index (χ1) is 14.7. The molecule has 0 aromatic heterocycles. The molecule has 1 N–H and O–H groups in total. The van der Waals surface area contributed by atoms with Crippen LogP contribution in [-0.2, 0) is 0 Å². The quantitative estimate of drug-likeness (QED) is 0.597. The van der Waals surface area contributed by atoms with E-state index in [0.717, 1.165) is 35.7 Å². The smallest absolute Gasteiger partial charge is 0.255 e. The van der Waals surface area contributed by atoms with Crippen molar-refractivity contribution in [1.29, 1.82) is 0 Å². The number of nitrogens with one attached hydrogen (secondary N) is 1. The number of carbonyl (C=O) groups excluding carboxylic acids is 2. The van der Waals surface area contributed by atoms with Crippen LogP contribution in [0.4, 0.5) is 11.4 Å². The summed E-state index contributed by atoms with van der Waals surface area (Å²) < 4.78 is 5.77.